The zero-order valence-electron chi connectivity index (χ0n) is 11.6. The highest BCUT2D eigenvalue weighted by atomic mass is 127. The smallest absolute Gasteiger partial charge is 0.337 e. The summed E-state index contributed by atoms with van der Waals surface area (Å²) in [4.78, 5) is 24.9. The molecule has 0 radical (unpaired) electrons. The Labute approximate surface area is 136 Å². The van der Waals surface area contributed by atoms with Gasteiger partial charge in [-0.15, -0.1) is 0 Å². The molecule has 1 aliphatic rings. The van der Waals surface area contributed by atoms with Crippen LogP contribution in [0.2, 0.25) is 0 Å². The fourth-order valence-electron chi connectivity index (χ4n) is 2.19. The Bertz CT molecular complexity index is 544. The lowest BCUT2D eigenvalue weighted by atomic mass is 10.2. The van der Waals surface area contributed by atoms with Gasteiger partial charge in [0.2, 0.25) is 0 Å². The maximum absolute atomic E-state index is 12.1. The summed E-state index contributed by atoms with van der Waals surface area (Å²) in [6, 6.07) is 4.54. The molecule has 0 bridgehead atoms. The van der Waals surface area contributed by atoms with Gasteiger partial charge in [-0.05, 0) is 53.6 Å². The minimum Gasteiger partial charge on any atom is -0.478 e. The van der Waals surface area contributed by atoms with Gasteiger partial charge in [0.15, 0.2) is 0 Å². The second kappa shape index (κ2) is 7.08. The molecule has 1 aromatic rings. The number of ether oxygens (including phenoxy) is 1. The molecule has 6 nitrogen and oxygen atoms in total. The number of nitrogens with one attached hydrogen (secondary N) is 1. The maximum atomic E-state index is 12.1. The zero-order valence-corrected chi connectivity index (χ0v) is 13.8. The second-order valence-electron chi connectivity index (χ2n) is 4.94. The van der Waals surface area contributed by atoms with E-state index < -0.39 is 5.97 Å². The van der Waals surface area contributed by atoms with Gasteiger partial charge in [-0.2, -0.15) is 0 Å². The number of hydrogen-bond donors (Lipinski definition) is 2. The summed E-state index contributed by atoms with van der Waals surface area (Å²) in [5.41, 5.74) is 0.382. The van der Waals surface area contributed by atoms with Crippen LogP contribution in [0.1, 0.15) is 23.2 Å². The fourth-order valence-corrected chi connectivity index (χ4v) is 2.68. The lowest BCUT2D eigenvalue weighted by Crippen LogP contribution is -2.37. The van der Waals surface area contributed by atoms with E-state index in [1.54, 1.807) is 19.2 Å². The predicted molar refractivity (Wildman–Crippen MR) is 86.7 cm³/mol. The number of carbonyl (C=O) groups excluding carboxylic acids is 1. The van der Waals surface area contributed by atoms with E-state index in [-0.39, 0.29) is 17.7 Å². The van der Waals surface area contributed by atoms with E-state index >= 15 is 0 Å². The number of benzene rings is 1. The molecule has 2 rings (SSSR count). The first-order chi connectivity index (χ1) is 9.97. The number of amides is 2. The molecule has 1 fully saturated rings. The van der Waals surface area contributed by atoms with Crippen LogP contribution < -0.4 is 5.32 Å². The third kappa shape index (κ3) is 4.31. The number of nitrogens with zero attached hydrogens (tertiary/aromatic N) is 1. The molecule has 1 heterocycles. The lowest BCUT2D eigenvalue weighted by Gasteiger charge is -2.21. The minimum absolute atomic E-state index is 0.0661. The van der Waals surface area contributed by atoms with Crippen LogP contribution in [-0.2, 0) is 4.74 Å². The largest absolute Gasteiger partial charge is 0.478 e. The van der Waals surface area contributed by atoms with Crippen molar-refractivity contribution in [2.24, 2.45) is 0 Å². The van der Waals surface area contributed by atoms with E-state index in [1.807, 2.05) is 22.6 Å². The van der Waals surface area contributed by atoms with Crippen molar-refractivity contribution in [1.82, 2.24) is 4.90 Å². The first-order valence-corrected chi connectivity index (χ1v) is 7.72. The summed E-state index contributed by atoms with van der Waals surface area (Å²) in [5, 5.41) is 11.8. The van der Waals surface area contributed by atoms with Crippen LogP contribution in [0.3, 0.4) is 0 Å². The van der Waals surface area contributed by atoms with Gasteiger partial charge in [-0.25, -0.2) is 9.59 Å². The van der Waals surface area contributed by atoms with Crippen LogP contribution in [0, 0.1) is 3.57 Å². The molecule has 114 valence electrons. The molecule has 1 aliphatic heterocycles. The molecule has 0 spiro atoms. The third-order valence-corrected chi connectivity index (χ3v) is 3.97. The Kier molecular flexibility index (Phi) is 5.40. The zero-order chi connectivity index (χ0) is 15.4. The van der Waals surface area contributed by atoms with E-state index in [4.69, 9.17) is 4.74 Å². The average Bonchev–Trinajstić information content (AvgIpc) is 2.93. The van der Waals surface area contributed by atoms with Gasteiger partial charge in [-0.1, -0.05) is 0 Å². The summed E-state index contributed by atoms with van der Waals surface area (Å²) in [6.45, 7) is 1.24. The third-order valence-electron chi connectivity index (χ3n) is 3.30. The number of carboxylic acid groups (broad SMARTS) is 1. The van der Waals surface area contributed by atoms with Crippen molar-refractivity contribution in [2.45, 2.75) is 18.9 Å². The minimum atomic E-state index is -1.06. The topological polar surface area (TPSA) is 78.9 Å². The number of likely N-dealkylation sites (N-methyl/N-ethyl adjacent to an activating group) is 1. The van der Waals surface area contributed by atoms with Gasteiger partial charge in [0.05, 0.1) is 17.4 Å². The van der Waals surface area contributed by atoms with Crippen LogP contribution in [0.4, 0.5) is 10.5 Å². The molecule has 0 saturated carbocycles. The Balaban J connectivity index is 2.03. The van der Waals surface area contributed by atoms with Crippen LogP contribution in [0.15, 0.2) is 18.2 Å². The van der Waals surface area contributed by atoms with Crippen molar-refractivity contribution in [3.05, 3.63) is 27.3 Å². The summed E-state index contributed by atoms with van der Waals surface area (Å²) in [5.74, 6) is -1.06. The van der Waals surface area contributed by atoms with Gasteiger partial charge in [0.1, 0.15) is 0 Å². The number of aromatic carboxylic acids is 1. The Morgan fingerprint density at radius 3 is 2.90 bits per heavy atom. The Morgan fingerprint density at radius 2 is 2.29 bits per heavy atom. The van der Waals surface area contributed by atoms with Gasteiger partial charge >= 0.3 is 12.0 Å². The quantitative estimate of drug-likeness (QED) is 0.757. The number of carboxylic acids is 1. The molecule has 2 N–H and O–H groups in total. The van der Waals surface area contributed by atoms with Gasteiger partial charge in [0, 0.05) is 23.8 Å². The SMILES string of the molecule is CN(CC1CCCO1)C(=O)Nc1ccc(I)cc1C(=O)O. The van der Waals surface area contributed by atoms with Crippen molar-refractivity contribution in [2.75, 3.05) is 25.5 Å². The Hall–Kier alpha value is -1.35. The molecule has 7 heteroatoms. The fraction of sp³-hybridized carbons (Fsp3) is 0.429. The molecule has 0 aromatic heterocycles. The molecule has 1 atom stereocenters. The highest BCUT2D eigenvalue weighted by Gasteiger charge is 2.21. The molecule has 21 heavy (non-hydrogen) atoms. The van der Waals surface area contributed by atoms with Gasteiger partial charge in [-0.3, -0.25) is 0 Å². The van der Waals surface area contributed by atoms with E-state index in [9.17, 15) is 14.7 Å². The number of urea groups is 1. The van der Waals surface area contributed by atoms with Crippen molar-refractivity contribution in [1.29, 1.82) is 0 Å². The van der Waals surface area contributed by atoms with Crippen LogP contribution in [-0.4, -0.2) is 48.3 Å². The summed E-state index contributed by atoms with van der Waals surface area (Å²) < 4.78 is 6.29. The molecule has 1 saturated heterocycles. The van der Waals surface area contributed by atoms with Crippen molar-refractivity contribution >= 4 is 40.3 Å². The van der Waals surface area contributed by atoms with E-state index in [0.29, 0.717) is 12.2 Å². The van der Waals surface area contributed by atoms with E-state index in [1.165, 1.54) is 11.0 Å². The first-order valence-electron chi connectivity index (χ1n) is 6.64. The summed E-state index contributed by atoms with van der Waals surface area (Å²) in [7, 11) is 1.67. The van der Waals surface area contributed by atoms with Crippen LogP contribution >= 0.6 is 22.6 Å². The second-order valence-corrected chi connectivity index (χ2v) is 6.19. The maximum Gasteiger partial charge on any atom is 0.337 e. The molecular formula is C14H17IN2O4. The van der Waals surface area contributed by atoms with Crippen LogP contribution in [0.25, 0.3) is 0 Å². The molecule has 1 aromatic carbocycles. The lowest BCUT2D eigenvalue weighted by molar-refractivity contribution is 0.0697. The van der Waals surface area contributed by atoms with Gasteiger partial charge in [0.25, 0.3) is 0 Å². The standard InChI is InChI=1S/C14H17IN2O4/c1-17(8-10-3-2-6-21-10)14(20)16-12-5-4-9(15)7-11(12)13(18)19/h4-5,7,10H,2-3,6,8H2,1H3,(H,16,20)(H,18,19). The van der Waals surface area contributed by atoms with Crippen molar-refractivity contribution in [3.8, 4) is 0 Å². The average molecular weight is 404 g/mol. The number of anilines is 1. The van der Waals surface area contributed by atoms with E-state index in [2.05, 4.69) is 5.32 Å². The summed E-state index contributed by atoms with van der Waals surface area (Å²) >= 11 is 2.03. The molecule has 2 amide bonds. The normalized spacial score (nSPS) is 17.5. The monoisotopic (exact) mass is 404 g/mol. The molecular weight excluding hydrogens is 387 g/mol. The van der Waals surface area contributed by atoms with Gasteiger partial charge < -0.3 is 20.1 Å². The highest BCUT2D eigenvalue weighted by molar-refractivity contribution is 14.1. The van der Waals surface area contributed by atoms with Crippen molar-refractivity contribution < 1.29 is 19.4 Å². The first kappa shape index (κ1) is 16.0. The predicted octanol–water partition coefficient (Wildman–Crippen LogP) is 2.63. The molecule has 1 unspecified atom stereocenters. The summed E-state index contributed by atoms with van der Waals surface area (Å²) in [6.07, 6.45) is 2.03. The number of rotatable bonds is 4. The highest BCUT2D eigenvalue weighted by Crippen LogP contribution is 2.20. The van der Waals surface area contributed by atoms with E-state index in [0.717, 1.165) is 23.0 Å². The van der Waals surface area contributed by atoms with Crippen molar-refractivity contribution in [3.63, 3.8) is 0 Å². The number of hydrogen-bond acceptors (Lipinski definition) is 3. The number of carbonyl (C=O) groups is 2. The van der Waals surface area contributed by atoms with Crippen LogP contribution in [0.5, 0.6) is 0 Å². The number of halogens is 1. The Morgan fingerprint density at radius 1 is 1.52 bits per heavy atom. The molecule has 0 aliphatic carbocycles.